The van der Waals surface area contributed by atoms with Crippen LogP contribution in [0, 0.1) is 0 Å². The average molecular weight is 301 g/mol. The van der Waals surface area contributed by atoms with Crippen LogP contribution in [0.25, 0.3) is 0 Å². The first kappa shape index (κ1) is 12.3. The van der Waals surface area contributed by atoms with Crippen molar-refractivity contribution in [2.75, 3.05) is 17.6 Å². The number of benzene rings is 1. The Morgan fingerprint density at radius 1 is 1.56 bits per heavy atom. The van der Waals surface area contributed by atoms with Crippen molar-refractivity contribution in [2.24, 2.45) is 5.73 Å². The maximum atomic E-state index is 5.94. The highest BCUT2D eigenvalue weighted by Crippen LogP contribution is 2.37. The molecule has 2 nitrogen and oxygen atoms in total. The van der Waals surface area contributed by atoms with Crippen molar-refractivity contribution >= 4 is 33.4 Å². The summed E-state index contributed by atoms with van der Waals surface area (Å²) < 4.78 is 1.10. The maximum absolute atomic E-state index is 5.94. The molecule has 0 aromatic heterocycles. The molecule has 1 heterocycles. The van der Waals surface area contributed by atoms with Gasteiger partial charge in [0, 0.05) is 27.7 Å². The molecule has 0 saturated carbocycles. The summed E-state index contributed by atoms with van der Waals surface area (Å²) in [6.45, 7) is 2.95. The van der Waals surface area contributed by atoms with Gasteiger partial charge in [0.1, 0.15) is 0 Å². The third kappa shape index (κ3) is 2.55. The van der Waals surface area contributed by atoms with Gasteiger partial charge < -0.3 is 11.1 Å². The first-order valence-electron chi connectivity index (χ1n) is 5.50. The number of halogens is 1. The molecule has 1 fully saturated rings. The first-order chi connectivity index (χ1) is 7.65. The Morgan fingerprint density at radius 2 is 2.31 bits per heavy atom. The van der Waals surface area contributed by atoms with Gasteiger partial charge in [0.15, 0.2) is 0 Å². The van der Waals surface area contributed by atoms with Crippen molar-refractivity contribution in [1.29, 1.82) is 0 Å². The molecule has 2 atom stereocenters. The maximum Gasteiger partial charge on any atom is 0.0596 e. The number of nitrogens with one attached hydrogen (secondary N) is 1. The molecule has 1 aliphatic heterocycles. The van der Waals surface area contributed by atoms with E-state index in [-0.39, 0.29) is 5.54 Å². The summed E-state index contributed by atoms with van der Waals surface area (Å²) in [5.41, 5.74) is 7.14. The van der Waals surface area contributed by atoms with Crippen LogP contribution in [-0.4, -0.2) is 23.1 Å². The smallest absolute Gasteiger partial charge is 0.0596 e. The van der Waals surface area contributed by atoms with Crippen LogP contribution in [0.15, 0.2) is 28.7 Å². The molecule has 0 spiro atoms. The van der Waals surface area contributed by atoms with Crippen molar-refractivity contribution in [1.82, 2.24) is 0 Å². The van der Waals surface area contributed by atoms with Crippen LogP contribution in [0.4, 0.5) is 5.69 Å². The Bertz CT molecular complexity index is 372. The average Bonchev–Trinajstić information content (AvgIpc) is 2.65. The Hall–Kier alpha value is -0.190. The van der Waals surface area contributed by atoms with E-state index in [0.29, 0.717) is 11.8 Å². The van der Waals surface area contributed by atoms with Gasteiger partial charge in [-0.25, -0.2) is 0 Å². The van der Waals surface area contributed by atoms with Gasteiger partial charge in [-0.15, -0.1) is 0 Å². The van der Waals surface area contributed by atoms with Crippen molar-refractivity contribution in [2.45, 2.75) is 24.1 Å². The molecular formula is C12H17BrN2S. The van der Waals surface area contributed by atoms with E-state index in [1.54, 1.807) is 0 Å². The molecule has 88 valence electrons. The molecule has 4 heteroatoms. The van der Waals surface area contributed by atoms with Crippen LogP contribution in [0.1, 0.15) is 13.3 Å². The number of anilines is 1. The quantitative estimate of drug-likeness (QED) is 0.901. The fourth-order valence-electron chi connectivity index (χ4n) is 2.10. The minimum atomic E-state index is 0.0634. The molecular weight excluding hydrogens is 284 g/mol. The third-order valence-electron chi connectivity index (χ3n) is 2.99. The molecule has 2 rings (SSSR count). The van der Waals surface area contributed by atoms with Gasteiger partial charge in [0.2, 0.25) is 0 Å². The standard InChI is InChI=1S/C12H17BrN2S/c1-9-6-12(7-14,8-16-9)15-11-5-3-2-4-10(11)13/h2-5,9,15H,6-8,14H2,1H3. The normalized spacial score (nSPS) is 29.3. The second kappa shape index (κ2) is 4.98. The molecule has 1 aliphatic rings. The lowest BCUT2D eigenvalue weighted by Crippen LogP contribution is -2.46. The van der Waals surface area contributed by atoms with Crippen LogP contribution < -0.4 is 11.1 Å². The molecule has 0 aliphatic carbocycles. The number of para-hydroxylation sites is 1. The van der Waals surface area contributed by atoms with Gasteiger partial charge in [-0.05, 0) is 34.5 Å². The molecule has 3 N–H and O–H groups in total. The molecule has 0 radical (unpaired) electrons. The minimum Gasteiger partial charge on any atom is -0.377 e. The lowest BCUT2D eigenvalue weighted by molar-refractivity contribution is 0.513. The fraction of sp³-hybridized carbons (Fsp3) is 0.500. The summed E-state index contributed by atoms with van der Waals surface area (Å²) >= 11 is 5.56. The van der Waals surface area contributed by atoms with Gasteiger partial charge in [-0.2, -0.15) is 11.8 Å². The number of nitrogens with two attached hydrogens (primary N) is 1. The zero-order valence-electron chi connectivity index (χ0n) is 9.37. The zero-order valence-corrected chi connectivity index (χ0v) is 11.8. The predicted octanol–water partition coefficient (Wildman–Crippen LogP) is 3.08. The lowest BCUT2D eigenvalue weighted by atomic mass is 9.96. The van der Waals surface area contributed by atoms with Gasteiger partial charge >= 0.3 is 0 Å². The number of hydrogen-bond donors (Lipinski definition) is 2. The van der Waals surface area contributed by atoms with Crippen molar-refractivity contribution < 1.29 is 0 Å². The van der Waals surface area contributed by atoms with Crippen molar-refractivity contribution in [3.63, 3.8) is 0 Å². The van der Waals surface area contributed by atoms with Crippen LogP contribution in [0.5, 0.6) is 0 Å². The van der Waals surface area contributed by atoms with Crippen LogP contribution in [0.3, 0.4) is 0 Å². The van der Waals surface area contributed by atoms with E-state index in [0.717, 1.165) is 22.3 Å². The summed E-state index contributed by atoms with van der Waals surface area (Å²) in [4.78, 5) is 0. The molecule has 1 saturated heterocycles. The predicted molar refractivity (Wildman–Crippen MR) is 76.1 cm³/mol. The molecule has 0 bridgehead atoms. The SMILES string of the molecule is CC1CC(CN)(Nc2ccccc2Br)CS1. The summed E-state index contributed by atoms with van der Waals surface area (Å²) in [5.74, 6) is 1.09. The third-order valence-corrected chi connectivity index (χ3v) is 5.13. The summed E-state index contributed by atoms with van der Waals surface area (Å²) in [6, 6.07) is 8.21. The van der Waals surface area contributed by atoms with E-state index in [1.807, 2.05) is 23.9 Å². The number of rotatable bonds is 3. The van der Waals surface area contributed by atoms with Crippen molar-refractivity contribution in [3.8, 4) is 0 Å². The lowest BCUT2D eigenvalue weighted by Gasteiger charge is -2.30. The highest BCUT2D eigenvalue weighted by molar-refractivity contribution is 9.10. The van der Waals surface area contributed by atoms with Crippen LogP contribution >= 0.6 is 27.7 Å². The van der Waals surface area contributed by atoms with E-state index in [2.05, 4.69) is 40.3 Å². The first-order valence-corrected chi connectivity index (χ1v) is 7.34. The number of hydrogen-bond acceptors (Lipinski definition) is 3. The topological polar surface area (TPSA) is 38.0 Å². The highest BCUT2D eigenvalue weighted by atomic mass is 79.9. The zero-order chi connectivity index (χ0) is 11.6. The van der Waals surface area contributed by atoms with E-state index in [1.165, 1.54) is 0 Å². The van der Waals surface area contributed by atoms with E-state index >= 15 is 0 Å². The summed E-state index contributed by atoms with van der Waals surface area (Å²) in [6.07, 6.45) is 1.13. The minimum absolute atomic E-state index is 0.0634. The fourth-order valence-corrected chi connectivity index (χ4v) is 3.83. The van der Waals surface area contributed by atoms with Crippen LogP contribution in [0.2, 0.25) is 0 Å². The second-order valence-corrected chi connectivity index (χ2v) is 6.70. The molecule has 1 aromatic carbocycles. The van der Waals surface area contributed by atoms with Gasteiger partial charge in [-0.1, -0.05) is 19.1 Å². The molecule has 0 amide bonds. The Balaban J connectivity index is 2.16. The molecule has 16 heavy (non-hydrogen) atoms. The Labute approximate surface area is 109 Å². The van der Waals surface area contributed by atoms with Gasteiger partial charge in [0.05, 0.1) is 5.54 Å². The Kier molecular flexibility index (Phi) is 3.82. The van der Waals surface area contributed by atoms with Crippen molar-refractivity contribution in [3.05, 3.63) is 28.7 Å². The summed E-state index contributed by atoms with van der Waals surface area (Å²) in [7, 11) is 0. The van der Waals surface area contributed by atoms with E-state index in [4.69, 9.17) is 5.73 Å². The largest absolute Gasteiger partial charge is 0.377 e. The molecule has 1 aromatic rings. The monoisotopic (exact) mass is 300 g/mol. The van der Waals surface area contributed by atoms with E-state index < -0.39 is 0 Å². The molecule has 2 unspecified atom stereocenters. The van der Waals surface area contributed by atoms with Gasteiger partial charge in [0.25, 0.3) is 0 Å². The van der Waals surface area contributed by atoms with Crippen LogP contribution in [-0.2, 0) is 0 Å². The number of thioether (sulfide) groups is 1. The van der Waals surface area contributed by atoms with Gasteiger partial charge in [-0.3, -0.25) is 0 Å². The summed E-state index contributed by atoms with van der Waals surface area (Å²) in [5, 5.41) is 4.30. The Morgan fingerprint density at radius 3 is 2.88 bits per heavy atom. The van der Waals surface area contributed by atoms with E-state index in [9.17, 15) is 0 Å². The second-order valence-electron chi connectivity index (χ2n) is 4.42. The highest BCUT2D eigenvalue weighted by Gasteiger charge is 2.37.